The molecule has 2 fully saturated rings. The molecule has 2 saturated carbocycles. The van der Waals surface area contributed by atoms with Gasteiger partial charge in [0.05, 0.1) is 13.5 Å². The third kappa shape index (κ3) is 4.91. The molecule has 7 heteroatoms. The molecule has 0 aliphatic heterocycles. The van der Waals surface area contributed by atoms with E-state index in [9.17, 15) is 14.4 Å². The molecule has 0 aromatic heterocycles. The molecule has 2 rings (SSSR count). The van der Waals surface area contributed by atoms with Crippen molar-refractivity contribution in [1.29, 1.82) is 0 Å². The Labute approximate surface area is 123 Å². The summed E-state index contributed by atoms with van der Waals surface area (Å²) in [5.41, 5.74) is 0. The summed E-state index contributed by atoms with van der Waals surface area (Å²) >= 11 is 0. The number of carbonyl (C=O) groups is 3. The molecule has 2 aliphatic carbocycles. The largest absolute Gasteiger partial charge is 0.480 e. The first-order chi connectivity index (χ1) is 10.0. The van der Waals surface area contributed by atoms with Gasteiger partial charge in [-0.05, 0) is 43.4 Å². The second kappa shape index (κ2) is 6.78. The van der Waals surface area contributed by atoms with Crippen molar-refractivity contribution < 1.29 is 24.2 Å². The van der Waals surface area contributed by atoms with E-state index in [4.69, 9.17) is 5.11 Å². The normalized spacial score (nSPS) is 19.0. The predicted molar refractivity (Wildman–Crippen MR) is 73.5 cm³/mol. The molecule has 0 spiro atoms. The number of amides is 2. The lowest BCUT2D eigenvalue weighted by atomic mass is 9.98. The molecule has 0 aromatic rings. The Bertz CT molecular complexity index is 406. The number of ether oxygens (including phenoxy) is 1. The number of esters is 1. The Morgan fingerprint density at radius 3 is 2.19 bits per heavy atom. The van der Waals surface area contributed by atoms with Gasteiger partial charge in [-0.2, -0.15) is 0 Å². The minimum Gasteiger partial charge on any atom is -0.480 e. The number of carbonyl (C=O) groups excluding carboxylic acids is 2. The average molecular weight is 298 g/mol. The fourth-order valence-corrected chi connectivity index (χ4v) is 2.64. The number of carboxylic acids is 1. The summed E-state index contributed by atoms with van der Waals surface area (Å²) in [6.07, 6.45) is 4.53. The van der Waals surface area contributed by atoms with Crippen molar-refractivity contribution in [2.45, 2.75) is 38.1 Å². The van der Waals surface area contributed by atoms with Gasteiger partial charge < -0.3 is 20.5 Å². The Morgan fingerprint density at radius 2 is 1.76 bits per heavy atom. The number of rotatable bonds is 8. The van der Waals surface area contributed by atoms with Gasteiger partial charge in [0.25, 0.3) is 0 Å². The fourth-order valence-electron chi connectivity index (χ4n) is 2.64. The van der Waals surface area contributed by atoms with Crippen LogP contribution in [0, 0.1) is 17.8 Å². The smallest absolute Gasteiger partial charge is 0.326 e. The highest BCUT2D eigenvalue weighted by Gasteiger charge is 2.41. The minimum atomic E-state index is -1.27. The summed E-state index contributed by atoms with van der Waals surface area (Å²) in [7, 11) is 1.18. The SMILES string of the molecule is COC(=O)C[C@H](NC(=O)NCC(C1CC1)C1CC1)C(=O)O. The Kier molecular flexibility index (Phi) is 5.03. The molecule has 118 valence electrons. The molecule has 0 aromatic carbocycles. The Hall–Kier alpha value is -1.79. The first-order valence-electron chi connectivity index (χ1n) is 7.35. The topological polar surface area (TPSA) is 105 Å². The molecule has 0 unspecified atom stereocenters. The van der Waals surface area contributed by atoms with E-state index in [1.165, 1.54) is 32.8 Å². The number of methoxy groups -OCH3 is 1. The maximum atomic E-state index is 11.8. The van der Waals surface area contributed by atoms with Crippen LogP contribution in [0.5, 0.6) is 0 Å². The van der Waals surface area contributed by atoms with Gasteiger partial charge >= 0.3 is 18.0 Å². The van der Waals surface area contributed by atoms with E-state index in [0.717, 1.165) is 0 Å². The van der Waals surface area contributed by atoms with Gasteiger partial charge in [-0.25, -0.2) is 9.59 Å². The number of urea groups is 1. The summed E-state index contributed by atoms with van der Waals surface area (Å²) in [6, 6.07) is -1.81. The second-order valence-electron chi connectivity index (χ2n) is 5.86. The molecule has 0 bridgehead atoms. The summed E-state index contributed by atoms with van der Waals surface area (Å²) in [4.78, 5) is 33.9. The van der Waals surface area contributed by atoms with Gasteiger partial charge in [0.1, 0.15) is 6.04 Å². The molecule has 0 radical (unpaired) electrons. The van der Waals surface area contributed by atoms with E-state index in [1.807, 2.05) is 0 Å². The van der Waals surface area contributed by atoms with Crippen LogP contribution in [-0.2, 0) is 14.3 Å². The molecule has 7 nitrogen and oxygen atoms in total. The van der Waals surface area contributed by atoms with Crippen LogP contribution in [0.15, 0.2) is 0 Å². The highest BCUT2D eigenvalue weighted by Crippen LogP contribution is 2.48. The maximum Gasteiger partial charge on any atom is 0.326 e. The number of nitrogens with one attached hydrogen (secondary N) is 2. The van der Waals surface area contributed by atoms with E-state index in [-0.39, 0.29) is 6.42 Å². The second-order valence-corrected chi connectivity index (χ2v) is 5.86. The van der Waals surface area contributed by atoms with Crippen LogP contribution in [0.3, 0.4) is 0 Å². The highest BCUT2D eigenvalue weighted by molar-refractivity contribution is 5.86. The van der Waals surface area contributed by atoms with Gasteiger partial charge in [-0.15, -0.1) is 0 Å². The number of aliphatic carboxylic acids is 1. The zero-order valence-electron chi connectivity index (χ0n) is 12.1. The standard InChI is InChI=1S/C14H22N2O5/c1-21-12(17)6-11(13(18)19)16-14(20)15-7-10(8-2-3-8)9-4-5-9/h8-11H,2-7H2,1H3,(H,18,19)(H2,15,16,20)/t11-/m0/s1. The summed E-state index contributed by atoms with van der Waals surface area (Å²) in [6.45, 7) is 0.575. The van der Waals surface area contributed by atoms with Crippen molar-refractivity contribution >= 4 is 18.0 Å². The molecule has 2 aliphatic rings. The third-order valence-electron chi connectivity index (χ3n) is 4.16. The lowest BCUT2D eigenvalue weighted by molar-refractivity contribution is -0.147. The lowest BCUT2D eigenvalue weighted by Gasteiger charge is -2.18. The first-order valence-corrected chi connectivity index (χ1v) is 7.35. The van der Waals surface area contributed by atoms with Crippen molar-refractivity contribution in [3.8, 4) is 0 Å². The van der Waals surface area contributed by atoms with Crippen molar-refractivity contribution in [2.75, 3.05) is 13.7 Å². The molecular formula is C14H22N2O5. The summed E-state index contributed by atoms with van der Waals surface area (Å²) in [5.74, 6) is 0.0129. The van der Waals surface area contributed by atoms with Crippen LogP contribution in [0.4, 0.5) is 4.79 Å². The van der Waals surface area contributed by atoms with Crippen LogP contribution in [0.25, 0.3) is 0 Å². The monoisotopic (exact) mass is 298 g/mol. The molecule has 2 amide bonds. The van der Waals surface area contributed by atoms with Gasteiger partial charge in [0, 0.05) is 6.54 Å². The van der Waals surface area contributed by atoms with E-state index in [2.05, 4.69) is 15.4 Å². The summed E-state index contributed by atoms with van der Waals surface area (Å²) in [5, 5.41) is 14.0. The average Bonchev–Trinajstić information content (AvgIpc) is 3.30. The predicted octanol–water partition coefficient (Wildman–Crippen LogP) is 0.738. The van der Waals surface area contributed by atoms with Crippen LogP contribution >= 0.6 is 0 Å². The van der Waals surface area contributed by atoms with E-state index in [0.29, 0.717) is 24.3 Å². The molecule has 21 heavy (non-hydrogen) atoms. The minimum absolute atomic E-state index is 0.381. The zero-order chi connectivity index (χ0) is 15.4. The van der Waals surface area contributed by atoms with Crippen LogP contribution in [0.2, 0.25) is 0 Å². The quantitative estimate of drug-likeness (QED) is 0.573. The summed E-state index contributed by atoms with van der Waals surface area (Å²) < 4.78 is 4.42. The highest BCUT2D eigenvalue weighted by atomic mass is 16.5. The zero-order valence-corrected chi connectivity index (χ0v) is 12.1. The van der Waals surface area contributed by atoms with Crippen molar-refractivity contribution in [1.82, 2.24) is 10.6 Å². The molecule has 3 N–H and O–H groups in total. The van der Waals surface area contributed by atoms with Crippen molar-refractivity contribution in [3.05, 3.63) is 0 Å². The van der Waals surface area contributed by atoms with Gasteiger partial charge in [0.15, 0.2) is 0 Å². The number of hydrogen-bond acceptors (Lipinski definition) is 4. The molecule has 0 heterocycles. The molecule has 1 atom stereocenters. The van der Waals surface area contributed by atoms with Crippen molar-refractivity contribution in [3.63, 3.8) is 0 Å². The van der Waals surface area contributed by atoms with E-state index >= 15 is 0 Å². The van der Waals surface area contributed by atoms with Crippen LogP contribution in [0.1, 0.15) is 32.1 Å². The molecule has 0 saturated heterocycles. The lowest BCUT2D eigenvalue weighted by Crippen LogP contribution is -2.48. The van der Waals surface area contributed by atoms with Gasteiger partial charge in [-0.1, -0.05) is 0 Å². The van der Waals surface area contributed by atoms with Crippen LogP contribution in [-0.4, -0.2) is 42.8 Å². The van der Waals surface area contributed by atoms with Crippen LogP contribution < -0.4 is 10.6 Å². The van der Waals surface area contributed by atoms with E-state index < -0.39 is 24.0 Å². The van der Waals surface area contributed by atoms with Crippen molar-refractivity contribution in [2.24, 2.45) is 17.8 Å². The van der Waals surface area contributed by atoms with Gasteiger partial charge in [0.2, 0.25) is 0 Å². The first kappa shape index (κ1) is 15.6. The molecular weight excluding hydrogens is 276 g/mol. The number of carboxylic acid groups (broad SMARTS) is 1. The Balaban J connectivity index is 1.75. The number of hydrogen-bond donors (Lipinski definition) is 3. The third-order valence-corrected chi connectivity index (χ3v) is 4.16. The maximum absolute atomic E-state index is 11.8. The Morgan fingerprint density at radius 1 is 1.19 bits per heavy atom. The van der Waals surface area contributed by atoms with Gasteiger partial charge in [-0.3, -0.25) is 4.79 Å². The van der Waals surface area contributed by atoms with E-state index in [1.54, 1.807) is 0 Å². The fraction of sp³-hybridized carbons (Fsp3) is 0.786.